The Labute approximate surface area is 92.9 Å². The summed E-state index contributed by atoms with van der Waals surface area (Å²) in [6, 6.07) is 5.58. The zero-order chi connectivity index (χ0) is 12.1. The number of hydrogen-bond acceptors (Lipinski definition) is 5. The fraction of sp³-hybridized carbons (Fsp3) is 0.273. The Morgan fingerprint density at radius 3 is 2.25 bits per heavy atom. The molecule has 1 aromatic rings. The third-order valence-corrected chi connectivity index (χ3v) is 1.96. The average molecular weight is 223 g/mol. The standard InChI is InChI=1S/C11H11O5/c1-14-8-6-4-5-7(10(12)15-2)9(8)11(13)16-3/h4-5H,1-3H3. The Morgan fingerprint density at radius 1 is 1.12 bits per heavy atom. The van der Waals surface area contributed by atoms with Crippen molar-refractivity contribution in [2.24, 2.45) is 0 Å². The first-order valence-corrected chi connectivity index (χ1v) is 4.41. The predicted octanol–water partition coefficient (Wildman–Crippen LogP) is 1.07. The molecule has 0 aliphatic heterocycles. The minimum Gasteiger partial charge on any atom is -0.495 e. The first-order valence-electron chi connectivity index (χ1n) is 4.41. The molecule has 0 spiro atoms. The van der Waals surface area contributed by atoms with Gasteiger partial charge in [0.1, 0.15) is 11.3 Å². The highest BCUT2D eigenvalue weighted by molar-refractivity contribution is 6.05. The lowest BCUT2D eigenvalue weighted by atomic mass is 10.1. The molecule has 5 nitrogen and oxygen atoms in total. The topological polar surface area (TPSA) is 61.8 Å². The molecule has 1 aromatic carbocycles. The largest absolute Gasteiger partial charge is 0.495 e. The lowest BCUT2D eigenvalue weighted by Crippen LogP contribution is -2.13. The summed E-state index contributed by atoms with van der Waals surface area (Å²) >= 11 is 0. The molecule has 5 heteroatoms. The van der Waals surface area contributed by atoms with Gasteiger partial charge >= 0.3 is 11.9 Å². The third-order valence-electron chi connectivity index (χ3n) is 1.96. The van der Waals surface area contributed by atoms with Crippen LogP contribution in [-0.4, -0.2) is 33.3 Å². The summed E-state index contributed by atoms with van der Waals surface area (Å²) < 4.78 is 14.1. The Kier molecular flexibility index (Phi) is 3.88. The molecule has 1 radical (unpaired) electrons. The molecule has 0 unspecified atom stereocenters. The average Bonchev–Trinajstić information content (AvgIpc) is 2.35. The molecule has 0 atom stereocenters. The van der Waals surface area contributed by atoms with Crippen LogP contribution >= 0.6 is 0 Å². The van der Waals surface area contributed by atoms with Crippen LogP contribution in [0.5, 0.6) is 5.75 Å². The van der Waals surface area contributed by atoms with E-state index in [0.29, 0.717) is 0 Å². The quantitative estimate of drug-likeness (QED) is 0.717. The maximum atomic E-state index is 11.5. The highest BCUT2D eigenvalue weighted by atomic mass is 16.5. The van der Waals surface area contributed by atoms with E-state index in [1.807, 2.05) is 0 Å². The van der Waals surface area contributed by atoms with E-state index in [-0.39, 0.29) is 16.9 Å². The molecule has 0 saturated heterocycles. The van der Waals surface area contributed by atoms with E-state index in [1.165, 1.54) is 33.5 Å². The Bertz CT molecular complexity index is 411. The number of methoxy groups -OCH3 is 3. The van der Waals surface area contributed by atoms with Crippen molar-refractivity contribution in [1.82, 2.24) is 0 Å². The van der Waals surface area contributed by atoms with Crippen LogP contribution in [0.2, 0.25) is 0 Å². The highest BCUT2D eigenvalue weighted by Crippen LogP contribution is 2.23. The first-order chi connectivity index (χ1) is 7.65. The molecule has 0 bridgehead atoms. The van der Waals surface area contributed by atoms with E-state index in [2.05, 4.69) is 15.5 Å². The van der Waals surface area contributed by atoms with Crippen molar-refractivity contribution >= 4 is 11.9 Å². The van der Waals surface area contributed by atoms with E-state index in [1.54, 1.807) is 0 Å². The van der Waals surface area contributed by atoms with Gasteiger partial charge < -0.3 is 14.2 Å². The van der Waals surface area contributed by atoms with Gasteiger partial charge in [-0.15, -0.1) is 0 Å². The van der Waals surface area contributed by atoms with Gasteiger partial charge in [-0.3, -0.25) is 0 Å². The Balaban J connectivity index is 3.37. The van der Waals surface area contributed by atoms with E-state index in [9.17, 15) is 9.59 Å². The third kappa shape index (κ3) is 2.13. The van der Waals surface area contributed by atoms with Gasteiger partial charge in [0, 0.05) is 6.07 Å². The van der Waals surface area contributed by atoms with Gasteiger partial charge in [-0.25, -0.2) is 9.59 Å². The molecule has 0 heterocycles. The van der Waals surface area contributed by atoms with Gasteiger partial charge in [-0.1, -0.05) is 0 Å². The fourth-order valence-electron chi connectivity index (χ4n) is 1.22. The molecule has 0 saturated carbocycles. The molecule has 0 amide bonds. The van der Waals surface area contributed by atoms with Crippen molar-refractivity contribution in [2.45, 2.75) is 0 Å². The summed E-state index contributed by atoms with van der Waals surface area (Å²) in [7, 11) is 3.82. The molecule has 85 valence electrons. The van der Waals surface area contributed by atoms with Crippen molar-refractivity contribution in [3.63, 3.8) is 0 Å². The number of benzene rings is 1. The van der Waals surface area contributed by atoms with Crippen LogP contribution in [0, 0.1) is 6.07 Å². The summed E-state index contributed by atoms with van der Waals surface area (Å²) in [6.45, 7) is 0. The van der Waals surface area contributed by atoms with Crippen LogP contribution < -0.4 is 4.74 Å². The van der Waals surface area contributed by atoms with E-state index in [4.69, 9.17) is 4.74 Å². The second-order valence-electron chi connectivity index (χ2n) is 2.78. The van der Waals surface area contributed by atoms with Crippen molar-refractivity contribution in [1.29, 1.82) is 0 Å². The number of carbonyl (C=O) groups is 2. The van der Waals surface area contributed by atoms with Gasteiger partial charge in [0.05, 0.1) is 26.9 Å². The minimum atomic E-state index is -0.672. The Morgan fingerprint density at radius 2 is 1.75 bits per heavy atom. The number of esters is 2. The van der Waals surface area contributed by atoms with Gasteiger partial charge in [-0.2, -0.15) is 0 Å². The van der Waals surface area contributed by atoms with Gasteiger partial charge in [0.15, 0.2) is 0 Å². The monoisotopic (exact) mass is 223 g/mol. The van der Waals surface area contributed by atoms with Crippen LogP contribution in [0.1, 0.15) is 20.7 Å². The normalized spacial score (nSPS) is 9.44. The van der Waals surface area contributed by atoms with Crippen LogP contribution in [-0.2, 0) is 9.47 Å². The zero-order valence-electron chi connectivity index (χ0n) is 9.20. The maximum absolute atomic E-state index is 11.5. The number of ether oxygens (including phenoxy) is 3. The molecule has 16 heavy (non-hydrogen) atoms. The summed E-state index contributed by atoms with van der Waals surface area (Å²) in [5, 5.41) is 0. The number of hydrogen-bond donors (Lipinski definition) is 0. The second-order valence-corrected chi connectivity index (χ2v) is 2.78. The Hall–Kier alpha value is -2.04. The molecule has 1 rings (SSSR count). The first kappa shape index (κ1) is 12.0. The van der Waals surface area contributed by atoms with Gasteiger partial charge in [0.2, 0.25) is 0 Å². The molecular formula is C11H11O5. The van der Waals surface area contributed by atoms with Gasteiger partial charge in [0.25, 0.3) is 0 Å². The maximum Gasteiger partial charge on any atom is 0.342 e. The van der Waals surface area contributed by atoms with Gasteiger partial charge in [-0.05, 0) is 12.1 Å². The highest BCUT2D eigenvalue weighted by Gasteiger charge is 2.22. The van der Waals surface area contributed by atoms with E-state index >= 15 is 0 Å². The summed E-state index contributed by atoms with van der Waals surface area (Å²) in [5.41, 5.74) is 0.101. The number of rotatable bonds is 3. The van der Waals surface area contributed by atoms with Crippen molar-refractivity contribution in [3.8, 4) is 5.75 Å². The summed E-state index contributed by atoms with van der Waals surface area (Å²) in [4.78, 5) is 22.9. The number of carbonyl (C=O) groups excluding carboxylic acids is 2. The van der Waals surface area contributed by atoms with E-state index in [0.717, 1.165) is 0 Å². The summed E-state index contributed by atoms with van der Waals surface area (Å²) in [6.07, 6.45) is 0. The van der Waals surface area contributed by atoms with Crippen molar-refractivity contribution in [3.05, 3.63) is 29.3 Å². The molecule has 0 aliphatic carbocycles. The molecule has 0 fully saturated rings. The van der Waals surface area contributed by atoms with Crippen LogP contribution in [0.4, 0.5) is 0 Å². The molecule has 0 aromatic heterocycles. The lowest BCUT2D eigenvalue weighted by Gasteiger charge is -2.09. The SMILES string of the molecule is COC(=O)c1cc[c]c(OC)c1C(=O)OC. The predicted molar refractivity (Wildman–Crippen MR) is 54.5 cm³/mol. The van der Waals surface area contributed by atoms with Crippen LogP contribution in [0.25, 0.3) is 0 Å². The van der Waals surface area contributed by atoms with Crippen molar-refractivity contribution < 1.29 is 23.8 Å². The lowest BCUT2D eigenvalue weighted by molar-refractivity contribution is 0.0552. The molecule has 0 N–H and O–H groups in total. The van der Waals surface area contributed by atoms with Crippen LogP contribution in [0.3, 0.4) is 0 Å². The fourth-order valence-corrected chi connectivity index (χ4v) is 1.22. The van der Waals surface area contributed by atoms with E-state index < -0.39 is 11.9 Å². The molecular weight excluding hydrogens is 212 g/mol. The zero-order valence-corrected chi connectivity index (χ0v) is 9.20. The molecule has 0 aliphatic rings. The summed E-state index contributed by atoms with van der Waals surface area (Å²) in [5.74, 6) is -1.16. The van der Waals surface area contributed by atoms with Crippen molar-refractivity contribution in [2.75, 3.05) is 21.3 Å². The van der Waals surface area contributed by atoms with Crippen LogP contribution in [0.15, 0.2) is 12.1 Å². The minimum absolute atomic E-state index is 0.0133. The second kappa shape index (κ2) is 5.16. The smallest absolute Gasteiger partial charge is 0.342 e.